The van der Waals surface area contributed by atoms with E-state index >= 15 is 0 Å². The fourth-order valence-electron chi connectivity index (χ4n) is 1.15. The van der Waals surface area contributed by atoms with Gasteiger partial charge < -0.3 is 10.6 Å². The number of aromatic nitrogens is 2. The van der Waals surface area contributed by atoms with Crippen molar-refractivity contribution in [3.8, 4) is 0 Å². The zero-order valence-electron chi connectivity index (χ0n) is 6.74. The second kappa shape index (κ2) is 2.51. The Bertz CT molecular complexity index is 303. The quantitative estimate of drug-likeness (QED) is 0.694. The number of anilines is 2. The lowest BCUT2D eigenvalue weighted by atomic mass is 10.2. The smallest absolute Gasteiger partial charge is 0.282 e. The molecule has 0 amide bonds. The van der Waals surface area contributed by atoms with Crippen molar-refractivity contribution in [2.75, 3.05) is 23.7 Å². The topological polar surface area (TPSA) is 55.0 Å². The molecule has 4 nitrogen and oxygen atoms in total. The van der Waals surface area contributed by atoms with Crippen LogP contribution in [0.1, 0.15) is 0 Å². The van der Waals surface area contributed by atoms with E-state index in [2.05, 4.69) is 9.97 Å². The molecule has 0 radical (unpaired) electrons. The zero-order valence-corrected chi connectivity index (χ0v) is 6.74. The molecule has 1 aliphatic heterocycles. The van der Waals surface area contributed by atoms with Crippen LogP contribution in [0.4, 0.5) is 20.4 Å². The van der Waals surface area contributed by atoms with Gasteiger partial charge in [-0.3, -0.25) is 0 Å². The van der Waals surface area contributed by atoms with Crippen molar-refractivity contribution < 1.29 is 8.78 Å². The summed E-state index contributed by atoms with van der Waals surface area (Å²) in [6.07, 6.45) is 2.80. The maximum absolute atomic E-state index is 12.4. The van der Waals surface area contributed by atoms with Gasteiger partial charge in [0.25, 0.3) is 5.92 Å². The van der Waals surface area contributed by atoms with E-state index in [-0.39, 0.29) is 13.1 Å². The molecule has 0 saturated carbocycles. The Morgan fingerprint density at radius 1 is 1.31 bits per heavy atom. The van der Waals surface area contributed by atoms with Crippen LogP contribution in [0.15, 0.2) is 12.4 Å². The van der Waals surface area contributed by atoms with Crippen molar-refractivity contribution >= 4 is 11.6 Å². The van der Waals surface area contributed by atoms with Gasteiger partial charge >= 0.3 is 0 Å². The minimum absolute atomic E-state index is 0.306. The van der Waals surface area contributed by atoms with Crippen molar-refractivity contribution in [1.82, 2.24) is 9.97 Å². The summed E-state index contributed by atoms with van der Waals surface area (Å²) >= 11 is 0. The van der Waals surface area contributed by atoms with Crippen LogP contribution >= 0.6 is 0 Å². The summed E-state index contributed by atoms with van der Waals surface area (Å²) in [6, 6.07) is 0. The van der Waals surface area contributed by atoms with E-state index < -0.39 is 5.92 Å². The number of hydrogen-bond donors (Lipinski definition) is 1. The van der Waals surface area contributed by atoms with Crippen LogP contribution in [0.3, 0.4) is 0 Å². The van der Waals surface area contributed by atoms with Crippen molar-refractivity contribution in [3.63, 3.8) is 0 Å². The molecule has 6 heteroatoms. The molecule has 1 aliphatic rings. The molecule has 70 valence electrons. The van der Waals surface area contributed by atoms with Gasteiger partial charge in [-0.1, -0.05) is 0 Å². The van der Waals surface area contributed by atoms with Crippen LogP contribution in [-0.2, 0) is 0 Å². The maximum Gasteiger partial charge on any atom is 0.282 e. The maximum atomic E-state index is 12.4. The Hall–Kier alpha value is -1.46. The van der Waals surface area contributed by atoms with Crippen LogP contribution in [0.25, 0.3) is 0 Å². The third kappa shape index (κ3) is 1.51. The molecule has 1 fully saturated rings. The molecule has 0 unspecified atom stereocenters. The summed E-state index contributed by atoms with van der Waals surface area (Å²) in [5, 5.41) is 0. The van der Waals surface area contributed by atoms with Crippen molar-refractivity contribution in [2.24, 2.45) is 0 Å². The van der Waals surface area contributed by atoms with E-state index in [1.165, 1.54) is 17.3 Å². The van der Waals surface area contributed by atoms with E-state index in [0.29, 0.717) is 11.6 Å². The highest BCUT2D eigenvalue weighted by Crippen LogP contribution is 2.29. The number of alkyl halides is 2. The molecule has 2 rings (SSSR count). The summed E-state index contributed by atoms with van der Waals surface area (Å²) in [5.41, 5.74) is 5.77. The highest BCUT2D eigenvalue weighted by molar-refractivity contribution is 5.40. The molecule has 1 saturated heterocycles. The number of nitrogen functional groups attached to an aromatic ring is 1. The third-order valence-corrected chi connectivity index (χ3v) is 1.79. The van der Waals surface area contributed by atoms with E-state index in [1.54, 1.807) is 0 Å². The summed E-state index contributed by atoms with van der Waals surface area (Å²) in [7, 11) is 0. The molecule has 0 aliphatic carbocycles. The Morgan fingerprint density at radius 3 is 2.31 bits per heavy atom. The van der Waals surface area contributed by atoms with Crippen LogP contribution < -0.4 is 10.6 Å². The van der Waals surface area contributed by atoms with Gasteiger partial charge in [-0.2, -0.15) is 0 Å². The summed E-state index contributed by atoms with van der Waals surface area (Å²) in [4.78, 5) is 9.05. The predicted molar refractivity (Wildman–Crippen MR) is 43.6 cm³/mol. The van der Waals surface area contributed by atoms with Gasteiger partial charge in [0.2, 0.25) is 5.95 Å². The number of hydrogen-bond acceptors (Lipinski definition) is 4. The van der Waals surface area contributed by atoms with Crippen LogP contribution in [-0.4, -0.2) is 29.0 Å². The lowest BCUT2D eigenvalue weighted by Crippen LogP contribution is -2.57. The van der Waals surface area contributed by atoms with Crippen LogP contribution in [0, 0.1) is 0 Å². The average molecular weight is 186 g/mol. The van der Waals surface area contributed by atoms with E-state index in [4.69, 9.17) is 5.73 Å². The molecule has 1 aromatic heterocycles. The Kier molecular flexibility index (Phi) is 1.58. The normalized spacial score (nSPS) is 19.7. The highest BCUT2D eigenvalue weighted by atomic mass is 19.3. The Morgan fingerprint density at radius 2 is 1.85 bits per heavy atom. The van der Waals surface area contributed by atoms with Gasteiger partial charge in [0.1, 0.15) is 0 Å². The first-order valence-corrected chi connectivity index (χ1v) is 3.77. The van der Waals surface area contributed by atoms with Crippen molar-refractivity contribution in [3.05, 3.63) is 12.4 Å². The first-order valence-electron chi connectivity index (χ1n) is 3.77. The minimum atomic E-state index is -2.59. The largest absolute Gasteiger partial charge is 0.396 e. The molecule has 0 bridgehead atoms. The van der Waals surface area contributed by atoms with Crippen molar-refractivity contribution in [1.29, 1.82) is 0 Å². The number of nitrogens with zero attached hydrogens (tertiary/aromatic N) is 3. The lowest BCUT2D eigenvalue weighted by Gasteiger charge is -2.38. The first kappa shape index (κ1) is 8.15. The molecule has 2 N–H and O–H groups in total. The van der Waals surface area contributed by atoms with Gasteiger partial charge in [-0.15, -0.1) is 0 Å². The van der Waals surface area contributed by atoms with E-state index in [9.17, 15) is 8.78 Å². The Labute approximate surface area is 73.4 Å². The number of rotatable bonds is 1. The predicted octanol–water partition coefficient (Wildman–Crippen LogP) is 0.514. The molecular formula is C7H8F2N4. The average Bonchev–Trinajstić information content (AvgIpc) is 2.01. The molecule has 13 heavy (non-hydrogen) atoms. The number of halogens is 2. The SMILES string of the molecule is Nc1cnc(N2CC(F)(F)C2)nc1. The number of nitrogens with two attached hydrogens (primary N) is 1. The highest BCUT2D eigenvalue weighted by Gasteiger charge is 2.45. The molecule has 0 spiro atoms. The summed E-state index contributed by atoms with van der Waals surface area (Å²) < 4.78 is 24.9. The molecular weight excluding hydrogens is 178 g/mol. The summed E-state index contributed by atoms with van der Waals surface area (Å²) in [5.74, 6) is -2.29. The van der Waals surface area contributed by atoms with E-state index in [0.717, 1.165) is 0 Å². The van der Waals surface area contributed by atoms with E-state index in [1.807, 2.05) is 0 Å². The third-order valence-electron chi connectivity index (χ3n) is 1.79. The van der Waals surface area contributed by atoms with Crippen molar-refractivity contribution in [2.45, 2.75) is 5.92 Å². The molecule has 2 heterocycles. The zero-order chi connectivity index (χ0) is 9.47. The van der Waals surface area contributed by atoms with Crippen LogP contribution in [0.5, 0.6) is 0 Å². The first-order chi connectivity index (χ1) is 6.07. The van der Waals surface area contributed by atoms with Gasteiger partial charge in [0, 0.05) is 0 Å². The van der Waals surface area contributed by atoms with Crippen LogP contribution in [0.2, 0.25) is 0 Å². The molecule has 1 aromatic rings. The van der Waals surface area contributed by atoms with Gasteiger partial charge in [-0.25, -0.2) is 18.7 Å². The molecule has 0 atom stereocenters. The fraction of sp³-hybridized carbons (Fsp3) is 0.429. The van der Waals surface area contributed by atoms with Gasteiger partial charge in [0.05, 0.1) is 31.2 Å². The minimum Gasteiger partial charge on any atom is -0.396 e. The second-order valence-electron chi connectivity index (χ2n) is 3.03. The fourth-order valence-corrected chi connectivity index (χ4v) is 1.15. The second-order valence-corrected chi connectivity index (χ2v) is 3.03. The lowest BCUT2D eigenvalue weighted by molar-refractivity contribution is -0.0271. The monoisotopic (exact) mass is 186 g/mol. The Balaban J connectivity index is 2.08. The van der Waals surface area contributed by atoms with Gasteiger partial charge in [0.15, 0.2) is 0 Å². The molecule has 0 aromatic carbocycles. The van der Waals surface area contributed by atoms with Gasteiger partial charge in [-0.05, 0) is 0 Å². The summed E-state index contributed by atoms with van der Waals surface area (Å²) in [6.45, 7) is -0.617. The standard InChI is InChI=1S/C7H8F2N4/c8-7(9)3-13(4-7)6-11-1-5(10)2-12-6/h1-2H,3-4,10H2.